The highest BCUT2D eigenvalue weighted by Gasteiger charge is 2.45. The molecule has 10 nitrogen and oxygen atoms in total. The molecule has 3 amide bonds. The maximum Gasteiger partial charge on any atom is 0.263 e. The molecule has 3 heterocycles. The minimum absolute atomic E-state index is 0.118. The predicted molar refractivity (Wildman–Crippen MR) is 157 cm³/mol. The van der Waals surface area contributed by atoms with Gasteiger partial charge in [-0.3, -0.25) is 19.3 Å². The van der Waals surface area contributed by atoms with Crippen LogP contribution in [0.1, 0.15) is 93.4 Å². The van der Waals surface area contributed by atoms with Crippen molar-refractivity contribution in [1.29, 1.82) is 0 Å². The lowest BCUT2D eigenvalue weighted by Crippen LogP contribution is -2.54. The van der Waals surface area contributed by atoms with Crippen LogP contribution in [-0.4, -0.2) is 64.8 Å². The fourth-order valence-corrected chi connectivity index (χ4v) is 6.13. The number of carbonyl (C=O) groups excluding carboxylic acids is 3. The zero-order chi connectivity index (χ0) is 30.4. The number of guanidine groups is 1. The molecule has 0 radical (unpaired) electrons. The molecule has 0 bridgehead atoms. The van der Waals surface area contributed by atoms with Gasteiger partial charge in [0, 0.05) is 43.6 Å². The summed E-state index contributed by atoms with van der Waals surface area (Å²) in [5, 5.41) is 3.15. The number of nitrogens with zero attached hydrogens (tertiary/aromatic N) is 3. The first-order chi connectivity index (χ1) is 19.9. The highest BCUT2D eigenvalue weighted by Crippen LogP contribution is 2.43. The van der Waals surface area contributed by atoms with Crippen molar-refractivity contribution < 1.29 is 23.9 Å². The van der Waals surface area contributed by atoms with Gasteiger partial charge < -0.3 is 25.4 Å². The Morgan fingerprint density at radius 3 is 2.60 bits per heavy atom. The number of hydrogen-bond donors (Lipinski definition) is 2. The summed E-state index contributed by atoms with van der Waals surface area (Å²) in [7, 11) is 3.32. The molecule has 3 atom stereocenters. The summed E-state index contributed by atoms with van der Waals surface area (Å²) in [6.07, 6.45) is 1.50. The van der Waals surface area contributed by atoms with Crippen molar-refractivity contribution in [2.45, 2.75) is 89.1 Å². The van der Waals surface area contributed by atoms with Crippen LogP contribution in [0, 0.1) is 12.1 Å². The monoisotopic (exact) mass is 573 g/mol. The number of nitrogens with one attached hydrogen (secondary N) is 1. The van der Waals surface area contributed by atoms with Crippen molar-refractivity contribution in [3.63, 3.8) is 0 Å². The van der Waals surface area contributed by atoms with E-state index in [-0.39, 0.29) is 42.6 Å². The average molecular weight is 574 g/mol. The Labute approximate surface area is 247 Å². The van der Waals surface area contributed by atoms with Gasteiger partial charge in [0.2, 0.25) is 5.91 Å². The summed E-state index contributed by atoms with van der Waals surface area (Å²) in [5.41, 5.74) is 7.27. The van der Waals surface area contributed by atoms with Crippen LogP contribution >= 0.6 is 0 Å². The number of rotatable bonds is 6. The predicted octanol–water partition coefficient (Wildman–Crippen LogP) is 3.71. The maximum absolute atomic E-state index is 13.7. The van der Waals surface area contributed by atoms with Gasteiger partial charge in [0.15, 0.2) is 17.8 Å². The van der Waals surface area contributed by atoms with E-state index >= 15 is 0 Å². The van der Waals surface area contributed by atoms with Crippen LogP contribution in [0.3, 0.4) is 0 Å². The Balaban J connectivity index is 1.50. The zero-order valence-corrected chi connectivity index (χ0v) is 25.1. The highest BCUT2D eigenvalue weighted by atomic mass is 16.5. The summed E-state index contributed by atoms with van der Waals surface area (Å²) in [6.45, 7) is 7.93. The van der Waals surface area contributed by atoms with Crippen molar-refractivity contribution in [3.05, 3.63) is 59.2 Å². The van der Waals surface area contributed by atoms with Crippen molar-refractivity contribution >= 4 is 23.7 Å². The minimum Gasteiger partial charge on any atom is -0.480 e. The van der Waals surface area contributed by atoms with Gasteiger partial charge in [0.25, 0.3) is 11.8 Å². The molecule has 10 heteroatoms. The van der Waals surface area contributed by atoms with Gasteiger partial charge in [-0.25, -0.2) is 4.99 Å². The maximum atomic E-state index is 13.7. The second kappa shape index (κ2) is 10.9. The van der Waals surface area contributed by atoms with E-state index in [1.54, 1.807) is 38.4 Å². The molecule has 222 valence electrons. The molecular formula is C32H39N5O5. The Hall–Kier alpha value is -4.26. The molecule has 5 rings (SSSR count). The van der Waals surface area contributed by atoms with Gasteiger partial charge in [-0.05, 0) is 63.1 Å². The standard InChI is InChI=1S/C32H39N5O5/c1-7-32(8-2)18-27(38)37(30(33)35-32)23-16-26(29(40)36(5)6)41-24-14-13-19(15-21(23)24)28(39)34-22-17-31(3,4)42-25-12-10-9-11-20(22)25/h9,11,13-15,22-23,26H,7-8,16-18H2,1-6H3,(H2,33,35)(H,34,39). The Morgan fingerprint density at radius 1 is 1.19 bits per heavy atom. The molecule has 3 aliphatic heterocycles. The summed E-state index contributed by atoms with van der Waals surface area (Å²) in [5.74, 6) is 0.444. The molecule has 2 aromatic carbocycles. The normalized spacial score (nSPS) is 23.7. The third kappa shape index (κ3) is 5.36. The van der Waals surface area contributed by atoms with Crippen LogP contribution in [0.15, 0.2) is 35.3 Å². The third-order valence-electron chi connectivity index (χ3n) is 8.58. The summed E-state index contributed by atoms with van der Waals surface area (Å²) in [4.78, 5) is 48.0. The Kier molecular flexibility index (Phi) is 7.56. The van der Waals surface area contributed by atoms with Crippen molar-refractivity contribution in [1.82, 2.24) is 15.1 Å². The average Bonchev–Trinajstić information content (AvgIpc) is 2.95. The molecule has 0 saturated carbocycles. The van der Waals surface area contributed by atoms with E-state index in [1.807, 2.05) is 33.8 Å². The molecule has 0 fully saturated rings. The number of fused-ring (bicyclic) bond motifs is 2. The van der Waals surface area contributed by atoms with E-state index in [1.165, 1.54) is 9.80 Å². The van der Waals surface area contributed by atoms with E-state index in [0.29, 0.717) is 41.9 Å². The zero-order valence-electron chi connectivity index (χ0n) is 25.1. The number of aliphatic imine (C=N–C) groups is 1. The largest absolute Gasteiger partial charge is 0.480 e. The number of benzene rings is 1. The first kappa shape index (κ1) is 29.2. The molecule has 2 aromatic rings. The van der Waals surface area contributed by atoms with Crippen LogP contribution in [0.25, 0.3) is 0 Å². The van der Waals surface area contributed by atoms with Gasteiger partial charge in [0.05, 0.1) is 24.0 Å². The quantitative estimate of drug-likeness (QED) is 0.543. The van der Waals surface area contributed by atoms with Crippen molar-refractivity contribution in [2.24, 2.45) is 10.7 Å². The summed E-state index contributed by atoms with van der Waals surface area (Å²) < 4.78 is 12.2. The van der Waals surface area contributed by atoms with Gasteiger partial charge in [-0.15, -0.1) is 0 Å². The molecule has 0 aliphatic carbocycles. The smallest absolute Gasteiger partial charge is 0.263 e. The third-order valence-corrected chi connectivity index (χ3v) is 8.58. The van der Waals surface area contributed by atoms with Crippen molar-refractivity contribution in [2.75, 3.05) is 14.1 Å². The van der Waals surface area contributed by atoms with Gasteiger partial charge >= 0.3 is 0 Å². The van der Waals surface area contributed by atoms with Gasteiger partial charge in [-0.2, -0.15) is 0 Å². The van der Waals surface area contributed by atoms with E-state index in [9.17, 15) is 14.4 Å². The van der Waals surface area contributed by atoms with Crippen LogP contribution < -0.4 is 20.5 Å². The van der Waals surface area contributed by atoms with Crippen LogP contribution in [0.5, 0.6) is 11.5 Å². The lowest BCUT2D eigenvalue weighted by molar-refractivity contribution is -0.140. The number of hydrogen-bond acceptors (Lipinski definition) is 7. The van der Waals surface area contributed by atoms with E-state index in [2.05, 4.69) is 17.4 Å². The fraction of sp³-hybridized carbons (Fsp3) is 0.500. The van der Waals surface area contributed by atoms with Crippen LogP contribution in [-0.2, 0) is 9.59 Å². The van der Waals surface area contributed by atoms with E-state index < -0.39 is 23.3 Å². The molecular weight excluding hydrogens is 534 g/mol. The van der Waals surface area contributed by atoms with Gasteiger partial charge in [0.1, 0.15) is 11.4 Å². The number of nitrogens with two attached hydrogens (primary N) is 1. The molecule has 0 saturated heterocycles. The summed E-state index contributed by atoms with van der Waals surface area (Å²) in [6, 6.07) is 13.7. The lowest BCUT2D eigenvalue weighted by atomic mass is 9.86. The Bertz CT molecular complexity index is 1430. The molecule has 3 unspecified atom stereocenters. The first-order valence-corrected chi connectivity index (χ1v) is 14.5. The number of amides is 3. The fourth-order valence-electron chi connectivity index (χ4n) is 6.13. The first-order valence-electron chi connectivity index (χ1n) is 14.5. The second-order valence-electron chi connectivity index (χ2n) is 12.2. The number of likely N-dealkylation sites (N-methyl/N-ethyl adjacent to an activating group) is 1. The molecule has 3 N–H and O–H groups in total. The SMILES string of the molecule is CCC1(CC)CC(=O)N(C2CC(C(=O)N(C)C)Oc3ccc(C(=O)NC4CC(C)(C)Oc5c#cccc54)cc32)C(N)=N1. The molecule has 0 spiro atoms. The van der Waals surface area contributed by atoms with E-state index in [0.717, 1.165) is 5.56 Å². The topological polar surface area (TPSA) is 127 Å². The molecule has 42 heavy (non-hydrogen) atoms. The van der Waals surface area contributed by atoms with E-state index in [4.69, 9.17) is 20.2 Å². The Morgan fingerprint density at radius 2 is 1.93 bits per heavy atom. The van der Waals surface area contributed by atoms with Crippen LogP contribution in [0.4, 0.5) is 0 Å². The molecule has 3 aliphatic rings. The summed E-state index contributed by atoms with van der Waals surface area (Å²) >= 11 is 0. The minimum atomic E-state index is -0.823. The number of ether oxygens (including phenoxy) is 2. The molecule has 0 aromatic heterocycles. The lowest BCUT2D eigenvalue weighted by Gasteiger charge is -2.43. The second-order valence-corrected chi connectivity index (χ2v) is 12.2. The van der Waals surface area contributed by atoms with Gasteiger partial charge in [-0.1, -0.05) is 19.9 Å². The van der Waals surface area contributed by atoms with Crippen LogP contribution in [0.2, 0.25) is 0 Å². The highest BCUT2D eigenvalue weighted by molar-refractivity contribution is 6.00. The van der Waals surface area contributed by atoms with Crippen molar-refractivity contribution in [3.8, 4) is 11.5 Å². The number of carbonyl (C=O) groups is 3.